The predicted molar refractivity (Wildman–Crippen MR) is 60.5 cm³/mol. The van der Waals surface area contributed by atoms with Gasteiger partial charge in [0.15, 0.2) is 0 Å². The first-order valence-corrected chi connectivity index (χ1v) is 6.26. The molecule has 2 fully saturated rings. The van der Waals surface area contributed by atoms with Gasteiger partial charge in [-0.1, -0.05) is 6.92 Å². The first kappa shape index (κ1) is 10.4. The SMILES string of the molecule is CCNC1CCC(N(C)C2CC2)CC1. The fraction of sp³-hybridized carbons (Fsp3) is 1.00. The third-order valence-electron chi connectivity index (χ3n) is 3.89. The zero-order valence-corrected chi connectivity index (χ0v) is 9.63. The molecular formula is C12H24N2. The molecule has 2 aliphatic rings. The van der Waals surface area contributed by atoms with Crippen LogP contribution >= 0.6 is 0 Å². The van der Waals surface area contributed by atoms with Gasteiger partial charge in [0.05, 0.1) is 0 Å². The van der Waals surface area contributed by atoms with Gasteiger partial charge in [0.1, 0.15) is 0 Å². The summed E-state index contributed by atoms with van der Waals surface area (Å²) in [5, 5.41) is 3.57. The monoisotopic (exact) mass is 196 g/mol. The van der Waals surface area contributed by atoms with Crippen LogP contribution in [0.15, 0.2) is 0 Å². The average molecular weight is 196 g/mol. The van der Waals surface area contributed by atoms with E-state index < -0.39 is 0 Å². The molecule has 14 heavy (non-hydrogen) atoms. The van der Waals surface area contributed by atoms with Gasteiger partial charge in [-0.15, -0.1) is 0 Å². The Bertz CT molecular complexity index is 169. The van der Waals surface area contributed by atoms with Gasteiger partial charge in [0, 0.05) is 18.1 Å². The molecule has 0 aromatic heterocycles. The molecule has 0 aromatic rings. The molecule has 0 heterocycles. The van der Waals surface area contributed by atoms with Crippen LogP contribution in [0.5, 0.6) is 0 Å². The second-order valence-corrected chi connectivity index (χ2v) is 4.96. The summed E-state index contributed by atoms with van der Waals surface area (Å²) in [6, 6.07) is 2.64. The molecule has 1 N–H and O–H groups in total. The van der Waals surface area contributed by atoms with Crippen LogP contribution < -0.4 is 5.32 Å². The molecule has 2 nitrogen and oxygen atoms in total. The summed E-state index contributed by atoms with van der Waals surface area (Å²) in [5.74, 6) is 0. The maximum Gasteiger partial charge on any atom is 0.00963 e. The van der Waals surface area contributed by atoms with E-state index >= 15 is 0 Å². The molecular weight excluding hydrogens is 172 g/mol. The second kappa shape index (κ2) is 4.63. The van der Waals surface area contributed by atoms with Crippen molar-refractivity contribution in [2.45, 2.75) is 63.6 Å². The Morgan fingerprint density at radius 2 is 1.50 bits per heavy atom. The van der Waals surface area contributed by atoms with Gasteiger partial charge in [-0.05, 0) is 52.1 Å². The van der Waals surface area contributed by atoms with Crippen LogP contribution in [0.3, 0.4) is 0 Å². The van der Waals surface area contributed by atoms with Crippen molar-refractivity contribution in [1.82, 2.24) is 10.2 Å². The molecule has 2 saturated carbocycles. The summed E-state index contributed by atoms with van der Waals surface area (Å²) in [6.45, 7) is 3.34. The number of nitrogens with one attached hydrogen (secondary N) is 1. The van der Waals surface area contributed by atoms with Crippen molar-refractivity contribution < 1.29 is 0 Å². The Kier molecular flexibility index (Phi) is 3.45. The molecule has 0 unspecified atom stereocenters. The lowest BCUT2D eigenvalue weighted by molar-refractivity contribution is 0.167. The molecule has 2 aliphatic carbocycles. The molecule has 0 spiro atoms. The lowest BCUT2D eigenvalue weighted by Gasteiger charge is -2.35. The summed E-state index contributed by atoms with van der Waals surface area (Å²) in [7, 11) is 2.33. The zero-order valence-electron chi connectivity index (χ0n) is 9.63. The number of rotatable bonds is 4. The maximum absolute atomic E-state index is 3.57. The highest BCUT2D eigenvalue weighted by atomic mass is 15.2. The molecule has 2 rings (SSSR count). The Morgan fingerprint density at radius 1 is 1.00 bits per heavy atom. The second-order valence-electron chi connectivity index (χ2n) is 4.96. The molecule has 0 radical (unpaired) electrons. The number of nitrogens with zero attached hydrogens (tertiary/aromatic N) is 1. The first-order valence-electron chi connectivity index (χ1n) is 6.26. The van der Waals surface area contributed by atoms with Crippen LogP contribution in [0, 0.1) is 0 Å². The Morgan fingerprint density at radius 3 is 1.93 bits per heavy atom. The molecule has 0 atom stereocenters. The van der Waals surface area contributed by atoms with Crippen LogP contribution in [0.25, 0.3) is 0 Å². The summed E-state index contributed by atoms with van der Waals surface area (Å²) in [6.07, 6.45) is 8.48. The van der Waals surface area contributed by atoms with E-state index in [4.69, 9.17) is 0 Å². The molecule has 82 valence electrons. The van der Waals surface area contributed by atoms with E-state index in [2.05, 4.69) is 24.2 Å². The van der Waals surface area contributed by atoms with E-state index in [1.807, 2.05) is 0 Å². The maximum atomic E-state index is 3.57. The van der Waals surface area contributed by atoms with Crippen LogP contribution in [0.1, 0.15) is 45.4 Å². The van der Waals surface area contributed by atoms with Crippen molar-refractivity contribution in [1.29, 1.82) is 0 Å². The highest BCUT2D eigenvalue weighted by molar-refractivity contribution is 4.89. The largest absolute Gasteiger partial charge is 0.314 e. The molecule has 2 heteroatoms. The van der Waals surface area contributed by atoms with Crippen molar-refractivity contribution in [3.05, 3.63) is 0 Å². The molecule has 0 aliphatic heterocycles. The minimum absolute atomic E-state index is 0.809. The van der Waals surface area contributed by atoms with Crippen molar-refractivity contribution in [3.63, 3.8) is 0 Å². The molecule has 0 amide bonds. The van der Waals surface area contributed by atoms with Crippen molar-refractivity contribution >= 4 is 0 Å². The molecule has 0 aromatic carbocycles. The summed E-state index contributed by atoms with van der Waals surface area (Å²) >= 11 is 0. The lowest BCUT2D eigenvalue weighted by Crippen LogP contribution is -2.41. The molecule has 0 bridgehead atoms. The van der Waals surface area contributed by atoms with E-state index in [0.717, 1.165) is 24.7 Å². The Balaban J connectivity index is 1.71. The van der Waals surface area contributed by atoms with Gasteiger partial charge < -0.3 is 10.2 Å². The van der Waals surface area contributed by atoms with Crippen LogP contribution in [0.2, 0.25) is 0 Å². The van der Waals surface area contributed by atoms with Crippen molar-refractivity contribution in [2.75, 3.05) is 13.6 Å². The van der Waals surface area contributed by atoms with Gasteiger partial charge in [-0.25, -0.2) is 0 Å². The van der Waals surface area contributed by atoms with E-state index in [1.165, 1.54) is 38.5 Å². The van der Waals surface area contributed by atoms with Crippen LogP contribution in [0.4, 0.5) is 0 Å². The predicted octanol–water partition coefficient (Wildman–Crippen LogP) is 2.00. The van der Waals surface area contributed by atoms with Crippen molar-refractivity contribution in [3.8, 4) is 0 Å². The Hall–Kier alpha value is -0.0800. The van der Waals surface area contributed by atoms with E-state index in [0.29, 0.717) is 0 Å². The lowest BCUT2D eigenvalue weighted by atomic mass is 9.90. The topological polar surface area (TPSA) is 15.3 Å². The van der Waals surface area contributed by atoms with E-state index in [9.17, 15) is 0 Å². The van der Waals surface area contributed by atoms with E-state index in [1.54, 1.807) is 0 Å². The number of hydrogen-bond acceptors (Lipinski definition) is 2. The third kappa shape index (κ3) is 2.48. The first-order chi connectivity index (χ1) is 6.81. The van der Waals surface area contributed by atoms with E-state index in [-0.39, 0.29) is 0 Å². The third-order valence-corrected chi connectivity index (χ3v) is 3.89. The minimum atomic E-state index is 0.809. The fourth-order valence-electron chi connectivity index (χ4n) is 2.76. The standard InChI is InChI=1S/C12H24N2/c1-3-13-10-4-6-11(7-5-10)14(2)12-8-9-12/h10-13H,3-9H2,1-2H3. The van der Waals surface area contributed by atoms with Crippen molar-refractivity contribution in [2.24, 2.45) is 0 Å². The summed E-state index contributed by atoms with van der Waals surface area (Å²) < 4.78 is 0. The van der Waals surface area contributed by atoms with Crippen LogP contribution in [-0.4, -0.2) is 36.6 Å². The normalized spacial score (nSPS) is 33.6. The summed E-state index contributed by atoms with van der Waals surface area (Å²) in [4.78, 5) is 2.64. The summed E-state index contributed by atoms with van der Waals surface area (Å²) in [5.41, 5.74) is 0. The van der Waals surface area contributed by atoms with Crippen LogP contribution in [-0.2, 0) is 0 Å². The van der Waals surface area contributed by atoms with Gasteiger partial charge in [-0.3, -0.25) is 0 Å². The molecule has 0 saturated heterocycles. The number of hydrogen-bond donors (Lipinski definition) is 1. The van der Waals surface area contributed by atoms with Gasteiger partial charge in [0.25, 0.3) is 0 Å². The average Bonchev–Trinajstić information content (AvgIpc) is 3.02. The Labute approximate surface area is 88.1 Å². The van der Waals surface area contributed by atoms with Gasteiger partial charge >= 0.3 is 0 Å². The van der Waals surface area contributed by atoms with Gasteiger partial charge in [0.2, 0.25) is 0 Å². The highest BCUT2D eigenvalue weighted by Gasteiger charge is 2.32. The fourth-order valence-corrected chi connectivity index (χ4v) is 2.76. The minimum Gasteiger partial charge on any atom is -0.314 e. The highest BCUT2D eigenvalue weighted by Crippen LogP contribution is 2.32. The zero-order chi connectivity index (χ0) is 9.97. The smallest absolute Gasteiger partial charge is 0.00963 e. The van der Waals surface area contributed by atoms with Gasteiger partial charge in [-0.2, -0.15) is 0 Å². The quantitative estimate of drug-likeness (QED) is 0.740.